The zero-order valence-electron chi connectivity index (χ0n) is 10.8. The largest absolute Gasteiger partial charge is 0.354 e. The summed E-state index contributed by atoms with van der Waals surface area (Å²) < 4.78 is 0. The lowest BCUT2D eigenvalue weighted by atomic mass is 10.2. The highest BCUT2D eigenvalue weighted by molar-refractivity contribution is 5.99. The minimum Gasteiger partial charge on any atom is -0.354 e. The second-order valence-electron chi connectivity index (χ2n) is 4.77. The fraction of sp³-hybridized carbons (Fsp3) is 0.429. The van der Waals surface area contributed by atoms with Crippen molar-refractivity contribution in [3.63, 3.8) is 0 Å². The summed E-state index contributed by atoms with van der Waals surface area (Å²) in [7, 11) is 0. The predicted molar refractivity (Wildman–Crippen MR) is 73.6 cm³/mol. The Morgan fingerprint density at radius 2 is 1.95 bits per heavy atom. The number of carbonyl (C=O) groups is 2. The summed E-state index contributed by atoms with van der Waals surface area (Å²) in [5.41, 5.74) is 6.09. The van der Waals surface area contributed by atoms with Gasteiger partial charge < -0.3 is 16.0 Å². The molecule has 1 aliphatic rings. The number of nitrogens with two attached hydrogens (primary N) is 1. The molecule has 102 valence electrons. The molecule has 1 fully saturated rings. The van der Waals surface area contributed by atoms with Crippen LogP contribution in [0.1, 0.15) is 12.8 Å². The average molecular weight is 261 g/mol. The molecule has 0 heterocycles. The van der Waals surface area contributed by atoms with Crippen LogP contribution >= 0.6 is 0 Å². The highest BCUT2D eigenvalue weighted by Gasteiger charge is 2.23. The Balaban J connectivity index is 1.97. The van der Waals surface area contributed by atoms with Gasteiger partial charge in [-0.2, -0.15) is 0 Å². The third-order valence-electron chi connectivity index (χ3n) is 3.13. The van der Waals surface area contributed by atoms with Crippen LogP contribution in [0.3, 0.4) is 0 Å². The molecule has 5 nitrogen and oxygen atoms in total. The topological polar surface area (TPSA) is 75.4 Å². The van der Waals surface area contributed by atoms with E-state index in [9.17, 15) is 9.59 Å². The SMILES string of the molecule is NCC(=O)N(CC(=O)NCC1CC1)c1ccccc1. The summed E-state index contributed by atoms with van der Waals surface area (Å²) in [5, 5.41) is 2.85. The molecular formula is C14H19N3O2. The molecule has 1 saturated carbocycles. The van der Waals surface area contributed by atoms with Crippen LogP contribution in [0, 0.1) is 5.92 Å². The van der Waals surface area contributed by atoms with Crippen LogP contribution < -0.4 is 16.0 Å². The van der Waals surface area contributed by atoms with Gasteiger partial charge in [-0.25, -0.2) is 0 Å². The molecule has 2 amide bonds. The summed E-state index contributed by atoms with van der Waals surface area (Å²) in [6.07, 6.45) is 2.37. The van der Waals surface area contributed by atoms with Crippen molar-refractivity contribution in [3.8, 4) is 0 Å². The van der Waals surface area contributed by atoms with Crippen LogP contribution in [-0.2, 0) is 9.59 Å². The van der Waals surface area contributed by atoms with Gasteiger partial charge in [-0.05, 0) is 30.9 Å². The van der Waals surface area contributed by atoms with E-state index >= 15 is 0 Å². The predicted octanol–water partition coefficient (Wildman–Crippen LogP) is 0.505. The van der Waals surface area contributed by atoms with Gasteiger partial charge in [0.05, 0.1) is 6.54 Å². The molecule has 0 aromatic heterocycles. The van der Waals surface area contributed by atoms with Gasteiger partial charge in [0.1, 0.15) is 6.54 Å². The van der Waals surface area contributed by atoms with Gasteiger partial charge in [0, 0.05) is 12.2 Å². The van der Waals surface area contributed by atoms with Gasteiger partial charge in [0.15, 0.2) is 0 Å². The third kappa shape index (κ3) is 4.06. The summed E-state index contributed by atoms with van der Waals surface area (Å²) in [4.78, 5) is 25.1. The van der Waals surface area contributed by atoms with E-state index in [1.54, 1.807) is 12.1 Å². The fourth-order valence-electron chi connectivity index (χ4n) is 1.82. The number of carbonyl (C=O) groups excluding carboxylic acids is 2. The van der Waals surface area contributed by atoms with E-state index in [1.165, 1.54) is 17.7 Å². The first-order chi connectivity index (χ1) is 9.20. The van der Waals surface area contributed by atoms with Gasteiger partial charge >= 0.3 is 0 Å². The van der Waals surface area contributed by atoms with E-state index in [4.69, 9.17) is 5.73 Å². The number of hydrogen-bond acceptors (Lipinski definition) is 3. The number of amides is 2. The maximum absolute atomic E-state index is 11.8. The zero-order chi connectivity index (χ0) is 13.7. The first kappa shape index (κ1) is 13.5. The Kier molecular flexibility index (Phi) is 4.52. The van der Waals surface area contributed by atoms with Crippen LogP contribution in [0.15, 0.2) is 30.3 Å². The number of para-hydroxylation sites is 1. The highest BCUT2D eigenvalue weighted by Crippen LogP contribution is 2.27. The number of nitrogens with zero attached hydrogens (tertiary/aromatic N) is 1. The van der Waals surface area contributed by atoms with E-state index in [-0.39, 0.29) is 24.9 Å². The molecule has 3 N–H and O–H groups in total. The lowest BCUT2D eigenvalue weighted by Crippen LogP contribution is -2.43. The van der Waals surface area contributed by atoms with Crippen molar-refractivity contribution in [2.75, 3.05) is 24.5 Å². The lowest BCUT2D eigenvalue weighted by Gasteiger charge is -2.21. The normalized spacial score (nSPS) is 13.9. The van der Waals surface area contributed by atoms with Crippen molar-refractivity contribution >= 4 is 17.5 Å². The van der Waals surface area contributed by atoms with E-state index in [1.807, 2.05) is 18.2 Å². The van der Waals surface area contributed by atoms with Crippen molar-refractivity contribution in [3.05, 3.63) is 30.3 Å². The molecule has 1 aromatic carbocycles. The van der Waals surface area contributed by atoms with Gasteiger partial charge in [0.2, 0.25) is 11.8 Å². The van der Waals surface area contributed by atoms with E-state index in [0.717, 1.165) is 0 Å². The smallest absolute Gasteiger partial charge is 0.241 e. The molecule has 1 aromatic rings. The Morgan fingerprint density at radius 1 is 1.26 bits per heavy atom. The lowest BCUT2D eigenvalue weighted by molar-refractivity contribution is -0.123. The molecule has 0 aliphatic heterocycles. The van der Waals surface area contributed by atoms with E-state index in [2.05, 4.69) is 5.32 Å². The minimum atomic E-state index is -0.257. The summed E-state index contributed by atoms with van der Waals surface area (Å²) >= 11 is 0. The first-order valence-electron chi connectivity index (χ1n) is 6.53. The second-order valence-corrected chi connectivity index (χ2v) is 4.77. The van der Waals surface area contributed by atoms with Gasteiger partial charge in [-0.3, -0.25) is 9.59 Å². The van der Waals surface area contributed by atoms with Crippen LogP contribution in [-0.4, -0.2) is 31.4 Å². The summed E-state index contributed by atoms with van der Waals surface area (Å²) in [5.74, 6) is 0.227. The molecule has 0 spiro atoms. The van der Waals surface area contributed by atoms with Crippen LogP contribution in [0.25, 0.3) is 0 Å². The molecule has 0 saturated heterocycles. The summed E-state index contributed by atoms with van der Waals surface area (Å²) in [6.45, 7) is 0.621. The number of benzene rings is 1. The van der Waals surface area contributed by atoms with Gasteiger partial charge in [0.25, 0.3) is 0 Å². The highest BCUT2D eigenvalue weighted by atomic mass is 16.2. The maximum atomic E-state index is 11.8. The number of rotatable bonds is 6. The fourth-order valence-corrected chi connectivity index (χ4v) is 1.82. The molecule has 0 radical (unpaired) electrons. The van der Waals surface area contributed by atoms with E-state index in [0.29, 0.717) is 18.2 Å². The number of anilines is 1. The van der Waals surface area contributed by atoms with Crippen LogP contribution in [0.2, 0.25) is 0 Å². The molecule has 0 atom stereocenters. The van der Waals surface area contributed by atoms with Crippen molar-refractivity contribution in [2.24, 2.45) is 11.7 Å². The molecule has 2 rings (SSSR count). The van der Waals surface area contributed by atoms with Crippen LogP contribution in [0.5, 0.6) is 0 Å². The minimum absolute atomic E-state index is 0.0206. The van der Waals surface area contributed by atoms with Crippen molar-refractivity contribution in [1.29, 1.82) is 0 Å². The van der Waals surface area contributed by atoms with Gasteiger partial charge in [-0.15, -0.1) is 0 Å². The summed E-state index contributed by atoms with van der Waals surface area (Å²) in [6, 6.07) is 9.10. The Labute approximate surface area is 112 Å². The molecule has 5 heteroatoms. The molecule has 0 unspecified atom stereocenters. The first-order valence-corrected chi connectivity index (χ1v) is 6.53. The zero-order valence-corrected chi connectivity index (χ0v) is 10.8. The number of hydrogen-bond donors (Lipinski definition) is 2. The molecule has 19 heavy (non-hydrogen) atoms. The molecule has 1 aliphatic carbocycles. The molecule has 0 bridgehead atoms. The maximum Gasteiger partial charge on any atom is 0.241 e. The Hall–Kier alpha value is -1.88. The number of nitrogens with one attached hydrogen (secondary N) is 1. The Bertz CT molecular complexity index is 443. The average Bonchev–Trinajstić information content (AvgIpc) is 3.27. The quantitative estimate of drug-likeness (QED) is 0.783. The van der Waals surface area contributed by atoms with E-state index < -0.39 is 0 Å². The Morgan fingerprint density at radius 3 is 2.53 bits per heavy atom. The molecular weight excluding hydrogens is 242 g/mol. The second kappa shape index (κ2) is 6.33. The van der Waals surface area contributed by atoms with Crippen molar-refractivity contribution in [1.82, 2.24) is 5.32 Å². The van der Waals surface area contributed by atoms with Crippen LogP contribution in [0.4, 0.5) is 5.69 Å². The van der Waals surface area contributed by atoms with Crippen molar-refractivity contribution in [2.45, 2.75) is 12.8 Å². The standard InChI is InChI=1S/C14H19N3O2/c15-8-14(19)17(12-4-2-1-3-5-12)10-13(18)16-9-11-6-7-11/h1-5,11H,6-10,15H2,(H,16,18). The van der Waals surface area contributed by atoms with Gasteiger partial charge in [-0.1, -0.05) is 18.2 Å². The third-order valence-corrected chi connectivity index (χ3v) is 3.13. The monoisotopic (exact) mass is 261 g/mol. The van der Waals surface area contributed by atoms with Crippen molar-refractivity contribution < 1.29 is 9.59 Å².